The summed E-state index contributed by atoms with van der Waals surface area (Å²) in [5.41, 5.74) is 0.933. The van der Waals surface area contributed by atoms with Crippen molar-refractivity contribution in [2.24, 2.45) is 0 Å². The van der Waals surface area contributed by atoms with Gasteiger partial charge in [-0.1, -0.05) is 11.6 Å². The minimum Gasteiger partial charge on any atom is -0.395 e. The number of benzene rings is 2. The van der Waals surface area contributed by atoms with E-state index in [1.165, 1.54) is 19.2 Å². The second-order valence-electron chi connectivity index (χ2n) is 8.01. The molecule has 35 heavy (non-hydrogen) atoms. The number of amides is 2. The maximum atomic E-state index is 15.4. The van der Waals surface area contributed by atoms with Gasteiger partial charge in [0.25, 0.3) is 0 Å². The van der Waals surface area contributed by atoms with E-state index < -0.39 is 29.2 Å². The molecular formula is C24H23ClF3N5O2. The second kappa shape index (κ2) is 10.1. The molecule has 0 aliphatic carbocycles. The molecule has 1 aliphatic rings. The molecule has 0 atom stereocenters. The van der Waals surface area contributed by atoms with Gasteiger partial charge >= 0.3 is 6.03 Å². The number of carbonyl (C=O) groups excluding carboxylic acids is 1. The summed E-state index contributed by atoms with van der Waals surface area (Å²) in [5.74, 6) is -2.45. The number of halogens is 4. The van der Waals surface area contributed by atoms with Gasteiger partial charge in [0, 0.05) is 48.5 Å². The van der Waals surface area contributed by atoms with Crippen molar-refractivity contribution in [3.8, 4) is 11.1 Å². The van der Waals surface area contributed by atoms with Gasteiger partial charge in [-0.05, 0) is 42.8 Å². The number of aromatic nitrogens is 1. The van der Waals surface area contributed by atoms with Crippen LogP contribution in [0.2, 0.25) is 5.02 Å². The predicted octanol–water partition coefficient (Wildman–Crippen LogP) is 4.83. The summed E-state index contributed by atoms with van der Waals surface area (Å²) in [6, 6.07) is 5.63. The molecule has 0 saturated heterocycles. The molecule has 11 heteroatoms. The lowest BCUT2D eigenvalue weighted by Gasteiger charge is -2.27. The van der Waals surface area contributed by atoms with E-state index in [9.17, 15) is 9.18 Å². The third kappa shape index (κ3) is 4.77. The summed E-state index contributed by atoms with van der Waals surface area (Å²) in [4.78, 5) is 19.6. The summed E-state index contributed by atoms with van der Waals surface area (Å²) in [6.45, 7) is 2.91. The number of nitrogens with one attached hydrogen (secondary N) is 2. The molecule has 184 valence electrons. The van der Waals surface area contributed by atoms with Crippen LogP contribution in [-0.2, 0) is 0 Å². The van der Waals surface area contributed by atoms with Gasteiger partial charge in [-0.25, -0.2) is 22.9 Å². The molecule has 1 aromatic heterocycles. The SMILES string of the molecule is Cc1cc(Cl)cc2c1-c1cc(F)cnc1N(C)C(=O)N2c1c(F)cc(NCCNCCO)cc1F. The number of nitrogens with zero attached hydrogens (tertiary/aromatic N) is 3. The standard InChI is InChI=1S/C24H23ClF3N5O2/c1-13-7-14(25)8-20-21(13)17-9-15(26)12-31-23(17)32(2)24(35)33(20)22-18(27)10-16(11-19(22)28)30-4-3-29-5-6-34/h7-12,29-30,34H,3-6H2,1-2H3. The first-order valence-electron chi connectivity index (χ1n) is 10.8. The number of rotatable bonds is 7. The number of carbonyl (C=O) groups is 1. The lowest BCUT2D eigenvalue weighted by molar-refractivity contribution is 0.254. The van der Waals surface area contributed by atoms with E-state index in [-0.39, 0.29) is 28.8 Å². The molecule has 0 unspecified atom stereocenters. The molecular weight excluding hydrogens is 483 g/mol. The average Bonchev–Trinajstić information content (AvgIpc) is 2.87. The number of urea groups is 1. The number of hydrogen-bond acceptors (Lipinski definition) is 5. The first-order valence-corrected chi connectivity index (χ1v) is 11.2. The summed E-state index contributed by atoms with van der Waals surface area (Å²) in [6.07, 6.45) is 0.972. The van der Waals surface area contributed by atoms with Crippen molar-refractivity contribution in [2.75, 3.05) is 48.4 Å². The lowest BCUT2D eigenvalue weighted by Crippen LogP contribution is -2.39. The fourth-order valence-electron chi connectivity index (χ4n) is 4.08. The normalized spacial score (nSPS) is 12.9. The fraction of sp³-hybridized carbons (Fsp3) is 0.250. The monoisotopic (exact) mass is 505 g/mol. The summed E-state index contributed by atoms with van der Waals surface area (Å²) in [7, 11) is 1.40. The van der Waals surface area contributed by atoms with Crippen LogP contribution in [0.25, 0.3) is 11.1 Å². The summed E-state index contributed by atoms with van der Waals surface area (Å²) in [5, 5.41) is 14.9. The van der Waals surface area contributed by atoms with Crippen molar-refractivity contribution in [1.29, 1.82) is 0 Å². The van der Waals surface area contributed by atoms with Gasteiger partial charge in [0.2, 0.25) is 0 Å². The first-order chi connectivity index (χ1) is 16.7. The summed E-state index contributed by atoms with van der Waals surface area (Å²) >= 11 is 6.27. The van der Waals surface area contributed by atoms with Crippen molar-refractivity contribution < 1.29 is 23.1 Å². The van der Waals surface area contributed by atoms with Crippen LogP contribution in [0.15, 0.2) is 36.5 Å². The molecule has 1 aliphatic heterocycles. The van der Waals surface area contributed by atoms with Crippen LogP contribution < -0.4 is 20.4 Å². The van der Waals surface area contributed by atoms with Gasteiger partial charge in [-0.3, -0.25) is 9.80 Å². The Morgan fingerprint density at radius 3 is 2.46 bits per heavy atom. The first kappa shape index (κ1) is 24.8. The van der Waals surface area contributed by atoms with Gasteiger partial charge in [-0.15, -0.1) is 0 Å². The second-order valence-corrected chi connectivity index (χ2v) is 8.44. The van der Waals surface area contributed by atoms with E-state index in [0.717, 1.165) is 28.1 Å². The minimum atomic E-state index is -0.980. The summed E-state index contributed by atoms with van der Waals surface area (Å²) < 4.78 is 45.0. The van der Waals surface area contributed by atoms with Crippen molar-refractivity contribution in [1.82, 2.24) is 10.3 Å². The van der Waals surface area contributed by atoms with Gasteiger partial charge in [0.15, 0.2) is 11.6 Å². The predicted molar refractivity (Wildman–Crippen MR) is 130 cm³/mol. The largest absolute Gasteiger partial charge is 0.395 e. The molecule has 0 saturated carbocycles. The average molecular weight is 506 g/mol. The maximum Gasteiger partial charge on any atom is 0.334 e. The highest BCUT2D eigenvalue weighted by Gasteiger charge is 2.36. The zero-order valence-electron chi connectivity index (χ0n) is 19.0. The molecule has 0 bridgehead atoms. The van der Waals surface area contributed by atoms with Gasteiger partial charge < -0.3 is 15.7 Å². The van der Waals surface area contributed by atoms with Crippen LogP contribution in [0.1, 0.15) is 5.56 Å². The van der Waals surface area contributed by atoms with Crippen LogP contribution in [0.4, 0.5) is 40.8 Å². The zero-order chi connectivity index (χ0) is 25.3. The van der Waals surface area contributed by atoms with Gasteiger partial charge in [0.05, 0.1) is 18.5 Å². The van der Waals surface area contributed by atoms with E-state index in [0.29, 0.717) is 36.3 Å². The van der Waals surface area contributed by atoms with Crippen LogP contribution in [0.5, 0.6) is 0 Å². The van der Waals surface area contributed by atoms with Crippen LogP contribution in [0.3, 0.4) is 0 Å². The van der Waals surface area contributed by atoms with E-state index >= 15 is 8.78 Å². The van der Waals surface area contributed by atoms with E-state index in [4.69, 9.17) is 16.7 Å². The number of pyridine rings is 1. The fourth-order valence-corrected chi connectivity index (χ4v) is 4.34. The Kier molecular flexibility index (Phi) is 7.15. The molecule has 2 heterocycles. The number of fused-ring (bicyclic) bond motifs is 3. The van der Waals surface area contributed by atoms with E-state index in [1.807, 2.05) is 0 Å². The third-order valence-corrected chi connectivity index (χ3v) is 5.80. The molecule has 7 nitrogen and oxygen atoms in total. The Morgan fingerprint density at radius 1 is 1.06 bits per heavy atom. The Labute approximate surface area is 205 Å². The van der Waals surface area contributed by atoms with Crippen molar-refractivity contribution in [3.05, 3.63) is 64.6 Å². The van der Waals surface area contributed by atoms with Gasteiger partial charge in [-0.2, -0.15) is 0 Å². The highest BCUT2D eigenvalue weighted by molar-refractivity contribution is 6.31. The van der Waals surface area contributed by atoms with E-state index in [1.54, 1.807) is 13.0 Å². The Balaban J connectivity index is 1.83. The Hall–Kier alpha value is -3.34. The molecule has 2 aromatic carbocycles. The maximum absolute atomic E-state index is 15.4. The van der Waals surface area contributed by atoms with Gasteiger partial charge in [0.1, 0.15) is 17.3 Å². The highest BCUT2D eigenvalue weighted by Crippen LogP contribution is 2.47. The number of aliphatic hydroxyl groups excluding tert-OH is 1. The number of anilines is 4. The van der Waals surface area contributed by atoms with Crippen molar-refractivity contribution in [2.45, 2.75) is 6.92 Å². The lowest BCUT2D eigenvalue weighted by atomic mass is 9.98. The Bertz CT molecular complexity index is 1270. The molecule has 0 fully saturated rings. The molecule has 0 radical (unpaired) electrons. The molecule has 4 rings (SSSR count). The molecule has 3 aromatic rings. The molecule has 3 N–H and O–H groups in total. The quantitative estimate of drug-likeness (QED) is 0.401. The molecule has 2 amide bonds. The number of aliphatic hydroxyl groups is 1. The van der Waals surface area contributed by atoms with Crippen LogP contribution >= 0.6 is 11.6 Å². The minimum absolute atomic E-state index is 0.0206. The Morgan fingerprint density at radius 2 is 1.77 bits per heavy atom. The van der Waals surface area contributed by atoms with Crippen LogP contribution in [0, 0.1) is 24.4 Å². The third-order valence-electron chi connectivity index (χ3n) is 5.58. The van der Waals surface area contributed by atoms with Crippen molar-refractivity contribution >= 4 is 40.5 Å². The topological polar surface area (TPSA) is 80.7 Å². The highest BCUT2D eigenvalue weighted by atomic mass is 35.5. The van der Waals surface area contributed by atoms with Crippen LogP contribution in [-0.4, -0.2) is 49.4 Å². The molecule has 0 spiro atoms. The van der Waals surface area contributed by atoms with E-state index in [2.05, 4.69) is 15.6 Å². The number of aryl methyl sites for hydroxylation is 1. The number of hydrogen-bond donors (Lipinski definition) is 3. The smallest absolute Gasteiger partial charge is 0.334 e. The zero-order valence-corrected chi connectivity index (χ0v) is 19.8. The van der Waals surface area contributed by atoms with Crippen molar-refractivity contribution in [3.63, 3.8) is 0 Å².